The van der Waals surface area contributed by atoms with E-state index in [-0.39, 0.29) is 28.8 Å². The minimum absolute atomic E-state index is 0.00588. The summed E-state index contributed by atoms with van der Waals surface area (Å²) in [7, 11) is 0. The van der Waals surface area contributed by atoms with Gasteiger partial charge in [-0.15, -0.1) is 0 Å². The molecule has 1 amide bonds. The van der Waals surface area contributed by atoms with E-state index in [0.29, 0.717) is 27.9 Å². The molecule has 0 saturated carbocycles. The predicted molar refractivity (Wildman–Crippen MR) is 149 cm³/mol. The van der Waals surface area contributed by atoms with E-state index in [2.05, 4.69) is 29.2 Å². The van der Waals surface area contributed by atoms with Crippen molar-refractivity contribution in [2.75, 3.05) is 24.5 Å². The standard InChI is InChI=1S/C27H26N4O4S2/c32-23(33)11-15-31-26(35)21(37-27(31)36)17-20-24(28-22-8-4-5-12-30(22)25(20)34)29-13-9-19(10-14-29)16-18-6-2-1-3-7-18/h1-8,12,17,19H,9-11,13-16H2,(H,32,33). The van der Waals surface area contributed by atoms with Crippen LogP contribution in [-0.4, -0.2) is 55.2 Å². The van der Waals surface area contributed by atoms with E-state index < -0.39 is 5.97 Å². The largest absolute Gasteiger partial charge is 0.481 e. The maximum absolute atomic E-state index is 13.6. The summed E-state index contributed by atoms with van der Waals surface area (Å²) < 4.78 is 1.76. The van der Waals surface area contributed by atoms with Gasteiger partial charge in [-0.25, -0.2) is 4.98 Å². The Balaban J connectivity index is 1.45. The lowest BCUT2D eigenvalue weighted by molar-refractivity contribution is -0.137. The molecular formula is C27H26N4O4S2. The summed E-state index contributed by atoms with van der Waals surface area (Å²) in [6.45, 7) is 1.51. The molecule has 2 saturated heterocycles. The van der Waals surface area contributed by atoms with Crippen LogP contribution in [0.5, 0.6) is 0 Å². The lowest BCUT2D eigenvalue weighted by atomic mass is 9.90. The first kappa shape index (κ1) is 25.2. The Kier molecular flexibility index (Phi) is 7.38. The highest BCUT2D eigenvalue weighted by atomic mass is 32.2. The number of hydrogen-bond acceptors (Lipinski definition) is 7. The molecule has 2 aromatic heterocycles. The summed E-state index contributed by atoms with van der Waals surface area (Å²) in [4.78, 5) is 46.1. The number of aliphatic carboxylic acids is 1. The minimum atomic E-state index is -1.01. The number of carbonyl (C=O) groups is 2. The number of thiocarbonyl (C=S) groups is 1. The average Bonchev–Trinajstić information content (AvgIpc) is 3.17. The van der Waals surface area contributed by atoms with Gasteiger partial charge >= 0.3 is 5.97 Å². The highest BCUT2D eigenvalue weighted by molar-refractivity contribution is 8.26. The summed E-state index contributed by atoms with van der Waals surface area (Å²) in [6.07, 6.45) is 6.00. The number of pyridine rings is 1. The smallest absolute Gasteiger partial charge is 0.305 e. The highest BCUT2D eigenvalue weighted by Gasteiger charge is 2.33. The number of thioether (sulfide) groups is 1. The number of rotatable bonds is 7. The summed E-state index contributed by atoms with van der Waals surface area (Å²) >= 11 is 6.40. The first-order valence-electron chi connectivity index (χ1n) is 12.2. The zero-order valence-electron chi connectivity index (χ0n) is 20.1. The van der Waals surface area contributed by atoms with Gasteiger partial charge in [0.15, 0.2) is 0 Å². The van der Waals surface area contributed by atoms with Gasteiger partial charge in [-0.1, -0.05) is 60.4 Å². The number of fused-ring (bicyclic) bond motifs is 1. The molecule has 0 bridgehead atoms. The highest BCUT2D eigenvalue weighted by Crippen LogP contribution is 2.34. The minimum Gasteiger partial charge on any atom is -0.481 e. The summed E-state index contributed by atoms with van der Waals surface area (Å²) in [6, 6.07) is 15.9. The van der Waals surface area contributed by atoms with E-state index in [4.69, 9.17) is 22.3 Å². The molecule has 0 aliphatic carbocycles. The zero-order chi connectivity index (χ0) is 25.9. The Labute approximate surface area is 223 Å². The maximum atomic E-state index is 13.6. The van der Waals surface area contributed by atoms with Crippen molar-refractivity contribution in [3.8, 4) is 0 Å². The number of benzene rings is 1. The van der Waals surface area contributed by atoms with Gasteiger partial charge < -0.3 is 10.0 Å². The van der Waals surface area contributed by atoms with Gasteiger partial charge in [-0.05, 0) is 49.0 Å². The number of carbonyl (C=O) groups excluding carboxylic acids is 1. The van der Waals surface area contributed by atoms with Crippen molar-refractivity contribution in [2.24, 2.45) is 5.92 Å². The molecule has 0 spiro atoms. The van der Waals surface area contributed by atoms with E-state index in [1.807, 2.05) is 12.1 Å². The molecule has 0 unspecified atom stereocenters. The van der Waals surface area contributed by atoms with Crippen molar-refractivity contribution in [2.45, 2.75) is 25.7 Å². The Hall–Kier alpha value is -3.50. The molecule has 0 atom stereocenters. The van der Waals surface area contributed by atoms with Gasteiger partial charge in [0.1, 0.15) is 15.8 Å². The van der Waals surface area contributed by atoms with Crippen molar-refractivity contribution in [3.63, 3.8) is 0 Å². The molecule has 1 aromatic carbocycles. The molecule has 5 rings (SSSR count). The van der Waals surface area contributed by atoms with Crippen LogP contribution in [0.2, 0.25) is 0 Å². The first-order chi connectivity index (χ1) is 17.9. The van der Waals surface area contributed by atoms with E-state index >= 15 is 0 Å². The van der Waals surface area contributed by atoms with Crippen LogP contribution < -0.4 is 10.5 Å². The van der Waals surface area contributed by atoms with Crippen molar-refractivity contribution in [3.05, 3.63) is 81.1 Å². The second-order valence-corrected chi connectivity index (χ2v) is 10.9. The van der Waals surface area contributed by atoms with Gasteiger partial charge in [0.2, 0.25) is 0 Å². The van der Waals surface area contributed by atoms with Crippen LogP contribution in [0.1, 0.15) is 30.4 Å². The second-order valence-electron chi connectivity index (χ2n) is 9.18. The second kappa shape index (κ2) is 10.9. The number of carboxylic acids is 1. The van der Waals surface area contributed by atoms with Gasteiger partial charge in [-0.2, -0.15) is 0 Å². The molecule has 10 heteroatoms. The van der Waals surface area contributed by atoms with E-state index in [1.165, 1.54) is 14.9 Å². The van der Waals surface area contributed by atoms with Crippen LogP contribution in [0.4, 0.5) is 5.82 Å². The number of anilines is 1. The third kappa shape index (κ3) is 5.45. The topological polar surface area (TPSA) is 95.2 Å². The van der Waals surface area contributed by atoms with Crippen LogP contribution in [-0.2, 0) is 16.0 Å². The molecule has 2 fully saturated rings. The SMILES string of the molecule is O=C(O)CCN1C(=O)C(=Cc2c(N3CCC(Cc4ccccc4)CC3)nc3ccccn3c2=O)SC1=S. The number of piperidine rings is 1. The number of aromatic nitrogens is 2. The van der Waals surface area contributed by atoms with Crippen molar-refractivity contribution < 1.29 is 14.7 Å². The molecule has 4 heterocycles. The van der Waals surface area contributed by atoms with E-state index in [9.17, 15) is 14.4 Å². The Morgan fingerprint density at radius 3 is 2.57 bits per heavy atom. The average molecular weight is 535 g/mol. The summed E-state index contributed by atoms with van der Waals surface area (Å²) in [5, 5.41) is 9.01. The number of amides is 1. The van der Waals surface area contributed by atoms with Crippen LogP contribution in [0, 0.1) is 5.92 Å². The molecule has 0 radical (unpaired) electrons. The third-order valence-electron chi connectivity index (χ3n) is 6.73. The molecule has 1 N–H and O–H groups in total. The van der Waals surface area contributed by atoms with E-state index in [0.717, 1.165) is 44.1 Å². The fourth-order valence-electron chi connectivity index (χ4n) is 4.79. The zero-order valence-corrected chi connectivity index (χ0v) is 21.7. The van der Waals surface area contributed by atoms with Crippen LogP contribution >= 0.6 is 24.0 Å². The quantitative estimate of drug-likeness (QED) is 0.361. The normalized spacial score (nSPS) is 17.8. The fourth-order valence-corrected chi connectivity index (χ4v) is 6.08. The fraction of sp³-hybridized carbons (Fsp3) is 0.296. The van der Waals surface area contributed by atoms with Crippen molar-refractivity contribution in [1.29, 1.82) is 0 Å². The molecule has 8 nitrogen and oxygen atoms in total. The summed E-state index contributed by atoms with van der Waals surface area (Å²) in [5.41, 5.74) is 1.94. The summed E-state index contributed by atoms with van der Waals surface area (Å²) in [5.74, 6) is -0.284. The lowest BCUT2D eigenvalue weighted by Gasteiger charge is -2.33. The van der Waals surface area contributed by atoms with Gasteiger partial charge in [0, 0.05) is 25.8 Å². The molecule has 2 aliphatic rings. The first-order valence-corrected chi connectivity index (χ1v) is 13.4. The van der Waals surface area contributed by atoms with Crippen LogP contribution in [0.15, 0.2) is 64.4 Å². The monoisotopic (exact) mass is 534 g/mol. The van der Waals surface area contributed by atoms with Crippen LogP contribution in [0.3, 0.4) is 0 Å². The number of hydrogen-bond donors (Lipinski definition) is 1. The molecule has 2 aliphatic heterocycles. The lowest BCUT2D eigenvalue weighted by Crippen LogP contribution is -2.37. The Bertz CT molecular complexity index is 1450. The third-order valence-corrected chi connectivity index (χ3v) is 8.11. The van der Waals surface area contributed by atoms with E-state index in [1.54, 1.807) is 24.4 Å². The molecule has 3 aromatic rings. The number of nitrogens with zero attached hydrogens (tertiary/aromatic N) is 4. The van der Waals surface area contributed by atoms with Gasteiger partial charge in [-0.3, -0.25) is 23.7 Å². The molecule has 190 valence electrons. The molecule has 37 heavy (non-hydrogen) atoms. The molecular weight excluding hydrogens is 508 g/mol. The maximum Gasteiger partial charge on any atom is 0.305 e. The number of carboxylic acid groups (broad SMARTS) is 1. The Morgan fingerprint density at radius 1 is 1.11 bits per heavy atom. The van der Waals surface area contributed by atoms with Gasteiger partial charge in [0.05, 0.1) is 16.9 Å². The van der Waals surface area contributed by atoms with Crippen molar-refractivity contribution >= 4 is 57.7 Å². The Morgan fingerprint density at radius 2 is 1.84 bits per heavy atom. The van der Waals surface area contributed by atoms with Crippen molar-refractivity contribution in [1.82, 2.24) is 14.3 Å². The predicted octanol–water partition coefficient (Wildman–Crippen LogP) is 3.83. The van der Waals surface area contributed by atoms with Crippen LogP contribution in [0.25, 0.3) is 11.7 Å². The van der Waals surface area contributed by atoms with Gasteiger partial charge in [0.25, 0.3) is 11.5 Å².